The fraction of sp³-hybridized carbons (Fsp3) is 0.467. The highest BCUT2D eigenvalue weighted by Gasteiger charge is 2.37. The molecule has 112 valence electrons. The smallest absolute Gasteiger partial charge is 0.339 e. The number of anilines is 1. The number of aromatic carboxylic acids is 1. The summed E-state index contributed by atoms with van der Waals surface area (Å²) in [6.45, 7) is 1.57. The molecule has 1 aliphatic heterocycles. The van der Waals surface area contributed by atoms with Crippen LogP contribution in [0.1, 0.15) is 29.6 Å². The van der Waals surface area contributed by atoms with Gasteiger partial charge >= 0.3 is 12.0 Å². The number of amides is 2. The standard InChI is InChI=1S/C15H18N2O4/c18-13-6-11(4-5-12(13)14(19)20)16-15(21)17-7-9-2-1-3-10(9)8-17/h4-6,9-10,18H,1-3,7-8H2,(H,16,21)(H,19,20). The number of nitrogens with zero attached hydrogens (tertiary/aromatic N) is 1. The van der Waals surface area contributed by atoms with Crippen LogP contribution in [-0.2, 0) is 0 Å². The third-order valence-electron chi connectivity index (χ3n) is 4.49. The quantitative estimate of drug-likeness (QED) is 0.780. The number of fused-ring (bicyclic) bond motifs is 1. The monoisotopic (exact) mass is 290 g/mol. The molecule has 21 heavy (non-hydrogen) atoms. The second-order valence-electron chi connectivity index (χ2n) is 5.82. The third-order valence-corrected chi connectivity index (χ3v) is 4.49. The normalized spacial score (nSPS) is 23.9. The second-order valence-corrected chi connectivity index (χ2v) is 5.82. The summed E-state index contributed by atoms with van der Waals surface area (Å²) in [5.74, 6) is -0.298. The van der Waals surface area contributed by atoms with E-state index in [4.69, 9.17) is 5.11 Å². The fourth-order valence-electron chi connectivity index (χ4n) is 3.39. The number of urea groups is 1. The zero-order chi connectivity index (χ0) is 15.0. The van der Waals surface area contributed by atoms with E-state index < -0.39 is 5.97 Å². The van der Waals surface area contributed by atoms with Crippen molar-refractivity contribution in [3.63, 3.8) is 0 Å². The summed E-state index contributed by atoms with van der Waals surface area (Å²) >= 11 is 0. The predicted octanol–water partition coefficient (Wildman–Crippen LogP) is 2.35. The van der Waals surface area contributed by atoms with E-state index in [1.807, 2.05) is 0 Å². The number of hydrogen-bond acceptors (Lipinski definition) is 3. The van der Waals surface area contributed by atoms with Gasteiger partial charge < -0.3 is 20.4 Å². The number of carbonyl (C=O) groups is 2. The zero-order valence-electron chi connectivity index (χ0n) is 11.6. The number of carboxylic acid groups (broad SMARTS) is 1. The molecule has 2 aliphatic rings. The minimum absolute atomic E-state index is 0.177. The molecule has 0 spiro atoms. The largest absolute Gasteiger partial charge is 0.507 e. The molecular formula is C15H18N2O4. The van der Waals surface area contributed by atoms with Gasteiger partial charge in [-0.2, -0.15) is 0 Å². The van der Waals surface area contributed by atoms with Crippen molar-refractivity contribution in [2.75, 3.05) is 18.4 Å². The Hall–Kier alpha value is -2.24. The van der Waals surface area contributed by atoms with Gasteiger partial charge in [0.25, 0.3) is 0 Å². The SMILES string of the molecule is O=C(O)c1ccc(NC(=O)N2CC3CCCC3C2)cc1O. The van der Waals surface area contributed by atoms with E-state index in [0.29, 0.717) is 17.5 Å². The van der Waals surface area contributed by atoms with Crippen molar-refractivity contribution < 1.29 is 19.8 Å². The van der Waals surface area contributed by atoms with E-state index >= 15 is 0 Å². The van der Waals surface area contributed by atoms with E-state index in [1.165, 1.54) is 37.5 Å². The van der Waals surface area contributed by atoms with Crippen LogP contribution in [0.5, 0.6) is 5.75 Å². The third kappa shape index (κ3) is 2.66. The Labute approximate surface area is 122 Å². The molecule has 0 aromatic heterocycles. The van der Waals surface area contributed by atoms with Crippen LogP contribution in [0.3, 0.4) is 0 Å². The molecule has 0 radical (unpaired) electrons. The van der Waals surface area contributed by atoms with Crippen LogP contribution in [0.15, 0.2) is 18.2 Å². The zero-order valence-corrected chi connectivity index (χ0v) is 11.6. The van der Waals surface area contributed by atoms with Crippen LogP contribution in [0.2, 0.25) is 0 Å². The second kappa shape index (κ2) is 5.27. The number of aromatic hydroxyl groups is 1. The van der Waals surface area contributed by atoms with Gasteiger partial charge in [-0.1, -0.05) is 6.42 Å². The highest BCUT2D eigenvalue weighted by atomic mass is 16.4. The molecule has 1 aliphatic carbocycles. The maximum Gasteiger partial charge on any atom is 0.339 e. The van der Waals surface area contributed by atoms with Crippen LogP contribution >= 0.6 is 0 Å². The van der Waals surface area contributed by atoms with Gasteiger partial charge in [0.15, 0.2) is 0 Å². The maximum absolute atomic E-state index is 12.2. The first-order chi connectivity index (χ1) is 10.0. The van der Waals surface area contributed by atoms with Crippen LogP contribution in [-0.4, -0.2) is 40.2 Å². The van der Waals surface area contributed by atoms with Crippen molar-refractivity contribution in [1.82, 2.24) is 4.90 Å². The molecule has 1 aromatic carbocycles. The Bertz CT molecular complexity index is 575. The fourth-order valence-corrected chi connectivity index (χ4v) is 3.39. The lowest BCUT2D eigenvalue weighted by Crippen LogP contribution is -2.33. The molecular weight excluding hydrogens is 272 g/mol. The summed E-state index contributed by atoms with van der Waals surface area (Å²) in [5, 5.41) is 21.2. The van der Waals surface area contributed by atoms with Crippen molar-refractivity contribution in [2.24, 2.45) is 11.8 Å². The number of likely N-dealkylation sites (tertiary alicyclic amines) is 1. The first-order valence-electron chi connectivity index (χ1n) is 7.17. The summed E-state index contributed by atoms with van der Waals surface area (Å²) in [5.41, 5.74) is 0.225. The number of carbonyl (C=O) groups excluding carboxylic acids is 1. The number of hydrogen-bond donors (Lipinski definition) is 3. The molecule has 6 nitrogen and oxygen atoms in total. The lowest BCUT2D eigenvalue weighted by Gasteiger charge is -2.18. The molecule has 6 heteroatoms. The first-order valence-corrected chi connectivity index (χ1v) is 7.17. The molecule has 1 saturated heterocycles. The number of rotatable bonds is 2. The van der Waals surface area contributed by atoms with Crippen molar-refractivity contribution in [1.29, 1.82) is 0 Å². The Morgan fingerprint density at radius 1 is 1.19 bits per heavy atom. The van der Waals surface area contributed by atoms with Crippen LogP contribution in [0.4, 0.5) is 10.5 Å². The van der Waals surface area contributed by atoms with Crippen LogP contribution in [0.25, 0.3) is 0 Å². The summed E-state index contributed by atoms with van der Waals surface area (Å²) in [4.78, 5) is 24.8. The van der Waals surface area contributed by atoms with Crippen LogP contribution in [0, 0.1) is 11.8 Å². The van der Waals surface area contributed by atoms with Gasteiger partial charge in [-0.15, -0.1) is 0 Å². The van der Waals surface area contributed by atoms with Crippen LogP contribution < -0.4 is 5.32 Å². The number of phenols is 1. The average molecular weight is 290 g/mol. The summed E-state index contributed by atoms with van der Waals surface area (Å²) in [6, 6.07) is 3.84. The molecule has 3 N–H and O–H groups in total. The topological polar surface area (TPSA) is 89.9 Å². The van der Waals surface area contributed by atoms with E-state index in [0.717, 1.165) is 13.1 Å². The molecule has 2 unspecified atom stereocenters. The number of carboxylic acids is 1. The molecule has 2 amide bonds. The molecule has 1 saturated carbocycles. The highest BCUT2D eigenvalue weighted by Crippen LogP contribution is 2.37. The molecule has 2 fully saturated rings. The Kier molecular flexibility index (Phi) is 3.45. The Morgan fingerprint density at radius 3 is 2.43 bits per heavy atom. The summed E-state index contributed by atoms with van der Waals surface area (Å²) in [6.07, 6.45) is 3.65. The van der Waals surface area contributed by atoms with Crippen molar-refractivity contribution in [3.05, 3.63) is 23.8 Å². The van der Waals surface area contributed by atoms with E-state index in [9.17, 15) is 14.7 Å². The minimum Gasteiger partial charge on any atom is -0.507 e. The van der Waals surface area contributed by atoms with Gasteiger partial charge in [-0.3, -0.25) is 0 Å². The summed E-state index contributed by atoms with van der Waals surface area (Å²) in [7, 11) is 0. The summed E-state index contributed by atoms with van der Waals surface area (Å²) < 4.78 is 0. The highest BCUT2D eigenvalue weighted by molar-refractivity contribution is 5.94. The Morgan fingerprint density at radius 2 is 1.86 bits per heavy atom. The van der Waals surface area contributed by atoms with E-state index in [-0.39, 0.29) is 17.3 Å². The maximum atomic E-state index is 12.2. The van der Waals surface area contributed by atoms with Gasteiger partial charge in [-0.25, -0.2) is 9.59 Å². The van der Waals surface area contributed by atoms with Crippen molar-refractivity contribution in [3.8, 4) is 5.75 Å². The molecule has 1 heterocycles. The van der Waals surface area contributed by atoms with Crippen molar-refractivity contribution >= 4 is 17.7 Å². The van der Waals surface area contributed by atoms with Gasteiger partial charge in [0.05, 0.1) is 0 Å². The predicted molar refractivity (Wildman–Crippen MR) is 76.5 cm³/mol. The average Bonchev–Trinajstić information content (AvgIpc) is 2.98. The first kappa shape index (κ1) is 13.7. The van der Waals surface area contributed by atoms with Gasteiger partial charge in [0, 0.05) is 24.8 Å². The molecule has 0 bridgehead atoms. The minimum atomic E-state index is -1.20. The Balaban J connectivity index is 1.65. The molecule has 1 aromatic rings. The van der Waals surface area contributed by atoms with Crippen molar-refractivity contribution in [2.45, 2.75) is 19.3 Å². The van der Waals surface area contributed by atoms with Gasteiger partial charge in [0.2, 0.25) is 0 Å². The molecule has 3 rings (SSSR count). The molecule has 2 atom stereocenters. The number of benzene rings is 1. The van der Waals surface area contributed by atoms with E-state index in [2.05, 4.69) is 5.32 Å². The lowest BCUT2D eigenvalue weighted by atomic mass is 10.0. The van der Waals surface area contributed by atoms with Gasteiger partial charge in [-0.05, 0) is 36.8 Å². The van der Waals surface area contributed by atoms with Gasteiger partial charge in [0.1, 0.15) is 11.3 Å². The van der Waals surface area contributed by atoms with E-state index in [1.54, 1.807) is 4.90 Å². The lowest BCUT2D eigenvalue weighted by molar-refractivity contribution is 0.0694. The number of nitrogens with one attached hydrogen (secondary N) is 1.